The molecule has 6 nitrogen and oxygen atoms in total. The fourth-order valence-corrected chi connectivity index (χ4v) is 3.54. The molecule has 0 amide bonds. The first-order valence-corrected chi connectivity index (χ1v) is 7.69. The molecule has 106 valence electrons. The van der Waals surface area contributed by atoms with Crippen molar-refractivity contribution in [2.24, 2.45) is 5.92 Å². The first-order chi connectivity index (χ1) is 8.34. The lowest BCUT2D eigenvalue weighted by molar-refractivity contribution is -0.146. The molecular weight excluding hydrogens is 256 g/mol. The van der Waals surface area contributed by atoms with Crippen LogP contribution < -0.4 is 9.44 Å². The van der Waals surface area contributed by atoms with Crippen LogP contribution in [0.1, 0.15) is 39.5 Å². The maximum atomic E-state index is 11.7. The normalized spacial score (nSPS) is 25.1. The van der Waals surface area contributed by atoms with Crippen LogP contribution in [-0.2, 0) is 19.7 Å². The summed E-state index contributed by atoms with van der Waals surface area (Å²) in [5.74, 6) is -0.287. The van der Waals surface area contributed by atoms with Gasteiger partial charge in [-0.25, -0.2) is 0 Å². The van der Waals surface area contributed by atoms with Gasteiger partial charge in [-0.05, 0) is 39.5 Å². The number of hydrogen-bond donors (Lipinski definition) is 2. The van der Waals surface area contributed by atoms with Gasteiger partial charge in [-0.2, -0.15) is 17.9 Å². The van der Waals surface area contributed by atoms with Gasteiger partial charge in [0.25, 0.3) is 10.2 Å². The Balaban J connectivity index is 2.42. The summed E-state index contributed by atoms with van der Waals surface area (Å²) in [7, 11) is -2.06. The SMILES string of the molecule is COC(=O)C1CCC(NS(=O)(=O)NC(C)C)CC1. The minimum atomic E-state index is -3.44. The van der Waals surface area contributed by atoms with Gasteiger partial charge in [0.1, 0.15) is 0 Å². The molecule has 0 spiro atoms. The highest BCUT2D eigenvalue weighted by Gasteiger charge is 2.29. The van der Waals surface area contributed by atoms with E-state index in [4.69, 9.17) is 0 Å². The van der Waals surface area contributed by atoms with Gasteiger partial charge in [-0.15, -0.1) is 0 Å². The molecule has 0 aromatic carbocycles. The fraction of sp³-hybridized carbons (Fsp3) is 0.909. The summed E-state index contributed by atoms with van der Waals surface area (Å²) < 4.78 is 33.1. The smallest absolute Gasteiger partial charge is 0.308 e. The minimum Gasteiger partial charge on any atom is -0.469 e. The molecule has 1 rings (SSSR count). The largest absolute Gasteiger partial charge is 0.469 e. The van der Waals surface area contributed by atoms with Crippen molar-refractivity contribution in [3.8, 4) is 0 Å². The standard InChI is InChI=1S/C11H22N2O4S/c1-8(2)12-18(15,16)13-10-6-4-9(5-7-10)11(14)17-3/h8-10,12-13H,4-7H2,1-3H3. The van der Waals surface area contributed by atoms with Crippen molar-refractivity contribution in [3.63, 3.8) is 0 Å². The minimum absolute atomic E-state index is 0.0891. The maximum absolute atomic E-state index is 11.7. The van der Waals surface area contributed by atoms with E-state index in [1.807, 2.05) is 0 Å². The van der Waals surface area contributed by atoms with Crippen molar-refractivity contribution in [3.05, 3.63) is 0 Å². The molecule has 18 heavy (non-hydrogen) atoms. The van der Waals surface area contributed by atoms with E-state index in [0.717, 1.165) is 0 Å². The highest BCUT2D eigenvalue weighted by atomic mass is 32.2. The summed E-state index contributed by atoms with van der Waals surface area (Å²) in [6.45, 7) is 3.54. The van der Waals surface area contributed by atoms with Crippen molar-refractivity contribution >= 4 is 16.2 Å². The van der Waals surface area contributed by atoms with Gasteiger partial charge in [-0.1, -0.05) is 0 Å². The average Bonchev–Trinajstić information content (AvgIpc) is 2.26. The Morgan fingerprint density at radius 1 is 1.22 bits per heavy atom. The highest BCUT2D eigenvalue weighted by molar-refractivity contribution is 7.87. The van der Waals surface area contributed by atoms with Crippen LogP contribution in [0.4, 0.5) is 0 Å². The van der Waals surface area contributed by atoms with Crippen LogP contribution in [0.2, 0.25) is 0 Å². The molecule has 1 saturated carbocycles. The second kappa shape index (κ2) is 6.49. The van der Waals surface area contributed by atoms with E-state index in [0.29, 0.717) is 25.7 Å². The number of carbonyl (C=O) groups is 1. The number of nitrogens with one attached hydrogen (secondary N) is 2. The number of carbonyl (C=O) groups excluding carboxylic acids is 1. The number of hydrogen-bond acceptors (Lipinski definition) is 4. The third-order valence-electron chi connectivity index (χ3n) is 2.97. The van der Waals surface area contributed by atoms with Gasteiger partial charge in [0, 0.05) is 12.1 Å². The number of rotatable bonds is 5. The van der Waals surface area contributed by atoms with Gasteiger partial charge in [-0.3, -0.25) is 4.79 Å². The van der Waals surface area contributed by atoms with Gasteiger partial charge in [0.2, 0.25) is 0 Å². The molecule has 0 unspecified atom stereocenters. The quantitative estimate of drug-likeness (QED) is 0.719. The van der Waals surface area contributed by atoms with E-state index in [1.54, 1.807) is 13.8 Å². The van der Waals surface area contributed by atoms with Crippen molar-refractivity contribution in [2.45, 2.75) is 51.6 Å². The molecule has 7 heteroatoms. The van der Waals surface area contributed by atoms with Crippen LogP contribution in [0, 0.1) is 5.92 Å². The third-order valence-corrected chi connectivity index (χ3v) is 4.40. The second-order valence-corrected chi connectivity index (χ2v) is 6.44. The Labute approximate surface area is 109 Å². The number of esters is 1. The van der Waals surface area contributed by atoms with E-state index in [9.17, 15) is 13.2 Å². The highest BCUT2D eigenvalue weighted by Crippen LogP contribution is 2.25. The summed E-state index contributed by atoms with van der Waals surface area (Å²) >= 11 is 0. The molecule has 1 aliphatic carbocycles. The fourth-order valence-electron chi connectivity index (χ4n) is 2.18. The Kier molecular flexibility index (Phi) is 5.55. The molecule has 0 aromatic heterocycles. The maximum Gasteiger partial charge on any atom is 0.308 e. The van der Waals surface area contributed by atoms with E-state index in [-0.39, 0.29) is 24.0 Å². The molecule has 0 saturated heterocycles. The molecule has 0 atom stereocenters. The lowest BCUT2D eigenvalue weighted by Gasteiger charge is -2.27. The average molecular weight is 278 g/mol. The van der Waals surface area contributed by atoms with E-state index in [2.05, 4.69) is 14.2 Å². The summed E-state index contributed by atoms with van der Waals surface area (Å²) in [6.07, 6.45) is 2.67. The van der Waals surface area contributed by atoms with E-state index in [1.165, 1.54) is 7.11 Å². The van der Waals surface area contributed by atoms with Gasteiger partial charge >= 0.3 is 5.97 Å². The summed E-state index contributed by atoms with van der Waals surface area (Å²) in [4.78, 5) is 11.3. The van der Waals surface area contributed by atoms with Crippen molar-refractivity contribution in [2.75, 3.05) is 7.11 Å². The summed E-state index contributed by atoms with van der Waals surface area (Å²) in [5.41, 5.74) is 0. The van der Waals surface area contributed by atoms with Crippen LogP contribution in [0.3, 0.4) is 0 Å². The first-order valence-electron chi connectivity index (χ1n) is 6.21. The van der Waals surface area contributed by atoms with Gasteiger partial charge < -0.3 is 4.74 Å². The van der Waals surface area contributed by atoms with E-state index >= 15 is 0 Å². The van der Waals surface area contributed by atoms with Crippen LogP contribution in [-0.4, -0.2) is 33.6 Å². The van der Waals surface area contributed by atoms with Crippen molar-refractivity contribution in [1.29, 1.82) is 0 Å². The zero-order valence-corrected chi connectivity index (χ0v) is 11.9. The van der Waals surface area contributed by atoms with Gasteiger partial charge in [0.15, 0.2) is 0 Å². The molecule has 0 heterocycles. The van der Waals surface area contributed by atoms with Crippen molar-refractivity contribution < 1.29 is 17.9 Å². The summed E-state index contributed by atoms with van der Waals surface area (Å²) in [5, 5.41) is 0. The number of ether oxygens (including phenoxy) is 1. The van der Waals surface area contributed by atoms with Crippen LogP contribution >= 0.6 is 0 Å². The predicted molar refractivity (Wildman–Crippen MR) is 68.1 cm³/mol. The molecule has 1 fully saturated rings. The Hall–Kier alpha value is -0.660. The molecule has 0 radical (unpaired) electrons. The van der Waals surface area contributed by atoms with Gasteiger partial charge in [0.05, 0.1) is 13.0 Å². The van der Waals surface area contributed by atoms with Crippen LogP contribution in [0.5, 0.6) is 0 Å². The lowest BCUT2D eigenvalue weighted by atomic mass is 9.86. The Morgan fingerprint density at radius 3 is 2.22 bits per heavy atom. The van der Waals surface area contributed by atoms with Crippen LogP contribution in [0.25, 0.3) is 0 Å². The first kappa shape index (κ1) is 15.4. The Bertz CT molecular complexity index is 373. The van der Waals surface area contributed by atoms with Crippen LogP contribution in [0.15, 0.2) is 0 Å². The zero-order valence-electron chi connectivity index (χ0n) is 11.1. The zero-order chi connectivity index (χ0) is 13.8. The van der Waals surface area contributed by atoms with Crippen molar-refractivity contribution in [1.82, 2.24) is 9.44 Å². The Morgan fingerprint density at radius 2 is 1.78 bits per heavy atom. The lowest BCUT2D eigenvalue weighted by Crippen LogP contribution is -2.46. The molecule has 2 N–H and O–H groups in total. The number of methoxy groups -OCH3 is 1. The molecule has 1 aliphatic rings. The third kappa shape index (κ3) is 4.91. The molecule has 0 aliphatic heterocycles. The molecule has 0 aromatic rings. The molecule has 0 bridgehead atoms. The topological polar surface area (TPSA) is 84.5 Å². The summed E-state index contributed by atoms with van der Waals surface area (Å²) in [6, 6.07) is -0.226. The monoisotopic (exact) mass is 278 g/mol. The predicted octanol–water partition coefficient (Wildman–Crippen LogP) is 0.551. The molecular formula is C11H22N2O4S. The van der Waals surface area contributed by atoms with E-state index < -0.39 is 10.2 Å². The second-order valence-electron chi connectivity index (χ2n) is 4.97.